The summed E-state index contributed by atoms with van der Waals surface area (Å²) >= 11 is 0. The second kappa shape index (κ2) is 10.0. The number of rotatable bonds is 3. The fraction of sp³-hybridized carbons (Fsp3) is 0.607. The van der Waals surface area contributed by atoms with Gasteiger partial charge in [-0.2, -0.15) is 5.10 Å². The molecule has 2 amide bonds. The SMILES string of the molecule is Cc1ccc(-n2ncc(C(=O)N3CCC(C)CC3)c2C2CCN(C(=O)OC(C)(C)C)CC2)cc1C. The molecule has 0 spiro atoms. The Labute approximate surface area is 209 Å². The zero-order chi connectivity index (χ0) is 25.3. The first-order valence-electron chi connectivity index (χ1n) is 13.0. The monoisotopic (exact) mass is 480 g/mol. The summed E-state index contributed by atoms with van der Waals surface area (Å²) in [4.78, 5) is 30.0. The smallest absolute Gasteiger partial charge is 0.410 e. The van der Waals surface area contributed by atoms with E-state index in [2.05, 4.69) is 39.0 Å². The highest BCUT2D eigenvalue weighted by Crippen LogP contribution is 2.34. The molecular formula is C28H40N4O3. The van der Waals surface area contributed by atoms with Gasteiger partial charge in [-0.1, -0.05) is 13.0 Å². The first-order chi connectivity index (χ1) is 16.5. The Morgan fingerprint density at radius 2 is 1.57 bits per heavy atom. The lowest BCUT2D eigenvalue weighted by atomic mass is 9.90. The van der Waals surface area contributed by atoms with E-state index in [1.54, 1.807) is 11.1 Å². The molecule has 190 valence electrons. The van der Waals surface area contributed by atoms with Crippen molar-refractivity contribution in [2.75, 3.05) is 26.2 Å². The van der Waals surface area contributed by atoms with Crippen molar-refractivity contribution in [3.05, 3.63) is 46.8 Å². The minimum atomic E-state index is -0.513. The van der Waals surface area contributed by atoms with Crippen LogP contribution in [-0.2, 0) is 4.74 Å². The fourth-order valence-corrected chi connectivity index (χ4v) is 5.02. The quantitative estimate of drug-likeness (QED) is 0.584. The third-order valence-electron chi connectivity index (χ3n) is 7.38. The van der Waals surface area contributed by atoms with Gasteiger partial charge in [0, 0.05) is 32.1 Å². The van der Waals surface area contributed by atoms with Crippen LogP contribution in [0.1, 0.15) is 86.5 Å². The molecule has 2 fully saturated rings. The molecule has 0 bridgehead atoms. The van der Waals surface area contributed by atoms with E-state index in [0.717, 1.165) is 50.2 Å². The Kier molecular flexibility index (Phi) is 7.25. The molecule has 7 nitrogen and oxygen atoms in total. The molecule has 0 atom stereocenters. The summed E-state index contributed by atoms with van der Waals surface area (Å²) in [6, 6.07) is 6.32. The fourth-order valence-electron chi connectivity index (χ4n) is 5.02. The highest BCUT2D eigenvalue weighted by molar-refractivity contribution is 5.95. The summed E-state index contributed by atoms with van der Waals surface area (Å²) in [5.41, 5.74) is 4.56. The number of hydrogen-bond acceptors (Lipinski definition) is 4. The van der Waals surface area contributed by atoms with Gasteiger partial charge in [0.25, 0.3) is 5.91 Å². The standard InChI is InChI=1S/C28H40N4O3/c1-19-9-13-30(14-10-19)26(33)24-18-29-32(23-8-7-20(2)21(3)17-23)25(24)22-11-15-31(16-12-22)27(34)35-28(4,5)6/h7-8,17-19,22H,9-16H2,1-6H3. The number of carbonyl (C=O) groups excluding carboxylic acids is 2. The number of ether oxygens (including phenoxy) is 1. The van der Waals surface area contributed by atoms with E-state index in [-0.39, 0.29) is 17.9 Å². The Bertz CT molecular complexity index is 1070. The molecular weight excluding hydrogens is 440 g/mol. The average molecular weight is 481 g/mol. The van der Waals surface area contributed by atoms with E-state index < -0.39 is 5.60 Å². The van der Waals surface area contributed by atoms with Gasteiger partial charge in [-0.3, -0.25) is 4.79 Å². The second-order valence-corrected chi connectivity index (χ2v) is 11.3. The van der Waals surface area contributed by atoms with Crippen molar-refractivity contribution in [1.29, 1.82) is 0 Å². The lowest BCUT2D eigenvalue weighted by molar-refractivity contribution is 0.0202. The van der Waals surface area contributed by atoms with Gasteiger partial charge in [-0.25, -0.2) is 9.48 Å². The summed E-state index contributed by atoms with van der Waals surface area (Å²) in [6.07, 6.45) is 5.12. The second-order valence-electron chi connectivity index (χ2n) is 11.3. The van der Waals surface area contributed by atoms with Gasteiger partial charge in [-0.15, -0.1) is 0 Å². The number of nitrogens with zero attached hydrogens (tertiary/aromatic N) is 4. The van der Waals surface area contributed by atoms with Crippen LogP contribution in [0.5, 0.6) is 0 Å². The van der Waals surface area contributed by atoms with Crippen molar-refractivity contribution in [2.24, 2.45) is 5.92 Å². The third kappa shape index (κ3) is 5.71. The first kappa shape index (κ1) is 25.3. The normalized spacial score (nSPS) is 18.1. The topological polar surface area (TPSA) is 67.7 Å². The molecule has 2 aromatic rings. The average Bonchev–Trinajstić information content (AvgIpc) is 3.25. The third-order valence-corrected chi connectivity index (χ3v) is 7.38. The summed E-state index contributed by atoms with van der Waals surface area (Å²) in [6.45, 7) is 14.9. The van der Waals surface area contributed by atoms with Gasteiger partial charge in [0.1, 0.15) is 5.60 Å². The molecule has 1 aromatic heterocycles. The van der Waals surface area contributed by atoms with Crippen LogP contribution in [0.3, 0.4) is 0 Å². The van der Waals surface area contributed by atoms with Crippen LogP contribution in [0.2, 0.25) is 0 Å². The molecule has 0 unspecified atom stereocenters. The molecule has 0 radical (unpaired) electrons. The number of amides is 2. The molecule has 0 saturated carbocycles. The van der Waals surface area contributed by atoms with E-state index in [4.69, 9.17) is 9.84 Å². The molecule has 4 rings (SSSR count). The molecule has 7 heteroatoms. The Balaban J connectivity index is 1.62. The van der Waals surface area contributed by atoms with Crippen molar-refractivity contribution in [2.45, 2.75) is 78.7 Å². The lowest BCUT2D eigenvalue weighted by Gasteiger charge is -2.34. The minimum absolute atomic E-state index is 0.0801. The minimum Gasteiger partial charge on any atom is -0.444 e. The largest absolute Gasteiger partial charge is 0.444 e. The van der Waals surface area contributed by atoms with Crippen LogP contribution < -0.4 is 0 Å². The van der Waals surface area contributed by atoms with Crippen LogP contribution in [0, 0.1) is 19.8 Å². The number of hydrogen-bond donors (Lipinski definition) is 0. The zero-order valence-corrected chi connectivity index (χ0v) is 22.1. The van der Waals surface area contributed by atoms with E-state index in [0.29, 0.717) is 24.6 Å². The van der Waals surface area contributed by atoms with Crippen molar-refractivity contribution >= 4 is 12.0 Å². The molecule has 0 N–H and O–H groups in total. The van der Waals surface area contributed by atoms with Crippen molar-refractivity contribution in [1.82, 2.24) is 19.6 Å². The summed E-state index contributed by atoms with van der Waals surface area (Å²) in [7, 11) is 0. The van der Waals surface area contributed by atoms with Gasteiger partial charge < -0.3 is 14.5 Å². The molecule has 2 saturated heterocycles. The summed E-state index contributed by atoms with van der Waals surface area (Å²) < 4.78 is 7.54. The van der Waals surface area contributed by atoms with Crippen LogP contribution in [0.15, 0.2) is 24.4 Å². The first-order valence-corrected chi connectivity index (χ1v) is 13.0. The van der Waals surface area contributed by atoms with Crippen LogP contribution >= 0.6 is 0 Å². The number of likely N-dealkylation sites (tertiary alicyclic amines) is 2. The molecule has 3 heterocycles. The van der Waals surface area contributed by atoms with Gasteiger partial charge in [0.2, 0.25) is 0 Å². The molecule has 2 aliphatic rings. The van der Waals surface area contributed by atoms with E-state index in [1.165, 1.54) is 11.1 Å². The number of piperidine rings is 2. The van der Waals surface area contributed by atoms with Gasteiger partial charge in [-0.05, 0) is 89.5 Å². The zero-order valence-electron chi connectivity index (χ0n) is 22.1. The molecule has 0 aliphatic carbocycles. The molecule has 1 aromatic carbocycles. The van der Waals surface area contributed by atoms with Gasteiger partial charge >= 0.3 is 6.09 Å². The van der Waals surface area contributed by atoms with Crippen LogP contribution in [0.25, 0.3) is 5.69 Å². The number of aromatic nitrogens is 2. The van der Waals surface area contributed by atoms with Gasteiger partial charge in [0.15, 0.2) is 0 Å². The van der Waals surface area contributed by atoms with Crippen molar-refractivity contribution < 1.29 is 14.3 Å². The van der Waals surface area contributed by atoms with E-state index in [9.17, 15) is 9.59 Å². The number of benzene rings is 1. The van der Waals surface area contributed by atoms with Crippen LogP contribution in [0.4, 0.5) is 4.79 Å². The summed E-state index contributed by atoms with van der Waals surface area (Å²) in [5, 5.41) is 4.73. The number of aryl methyl sites for hydroxylation is 2. The highest BCUT2D eigenvalue weighted by Gasteiger charge is 2.33. The lowest BCUT2D eigenvalue weighted by Crippen LogP contribution is -2.42. The highest BCUT2D eigenvalue weighted by atomic mass is 16.6. The predicted molar refractivity (Wildman–Crippen MR) is 137 cm³/mol. The summed E-state index contributed by atoms with van der Waals surface area (Å²) in [5.74, 6) is 0.881. The number of carbonyl (C=O) groups is 2. The Morgan fingerprint density at radius 3 is 2.17 bits per heavy atom. The Hall–Kier alpha value is -2.83. The van der Waals surface area contributed by atoms with Crippen molar-refractivity contribution in [3.8, 4) is 5.69 Å². The maximum absolute atomic E-state index is 13.7. The maximum Gasteiger partial charge on any atom is 0.410 e. The molecule has 2 aliphatic heterocycles. The van der Waals surface area contributed by atoms with E-state index >= 15 is 0 Å². The molecule has 35 heavy (non-hydrogen) atoms. The van der Waals surface area contributed by atoms with Gasteiger partial charge in [0.05, 0.1) is 23.1 Å². The maximum atomic E-state index is 13.7. The predicted octanol–water partition coefficient (Wildman–Crippen LogP) is 5.48. The van der Waals surface area contributed by atoms with E-state index in [1.807, 2.05) is 30.4 Å². The van der Waals surface area contributed by atoms with Crippen LogP contribution in [-0.4, -0.2) is 63.4 Å². The van der Waals surface area contributed by atoms with Crippen molar-refractivity contribution in [3.63, 3.8) is 0 Å². The Morgan fingerprint density at radius 1 is 0.943 bits per heavy atom.